The lowest BCUT2D eigenvalue weighted by atomic mass is 10.1. The van der Waals surface area contributed by atoms with Gasteiger partial charge in [0.15, 0.2) is 0 Å². The number of rotatable bonds is 6. The molecule has 0 unspecified atom stereocenters. The van der Waals surface area contributed by atoms with Crippen LogP contribution < -0.4 is 11.5 Å². The molecular formula is C14H14N2O12S4. The zero-order chi connectivity index (χ0) is 24.9. The Bertz CT molecular complexity index is 1450. The van der Waals surface area contributed by atoms with Crippen LogP contribution in [0.3, 0.4) is 0 Å². The van der Waals surface area contributed by atoms with Crippen molar-refractivity contribution >= 4 is 64.0 Å². The number of anilines is 2. The van der Waals surface area contributed by atoms with Crippen LogP contribution in [-0.4, -0.2) is 51.9 Å². The van der Waals surface area contributed by atoms with E-state index in [9.17, 15) is 51.9 Å². The molecule has 18 heteroatoms. The summed E-state index contributed by atoms with van der Waals surface area (Å²) in [5.41, 5.74) is 7.99. The molecule has 0 aromatic heterocycles. The highest BCUT2D eigenvalue weighted by Crippen LogP contribution is 2.34. The van der Waals surface area contributed by atoms with Crippen LogP contribution in [-0.2, 0) is 40.5 Å². The lowest BCUT2D eigenvalue weighted by Gasteiger charge is -2.12. The smallest absolute Gasteiger partial charge is 0.298 e. The van der Waals surface area contributed by atoms with Gasteiger partial charge in [-0.1, -0.05) is 24.3 Å². The van der Waals surface area contributed by atoms with Crippen molar-refractivity contribution in [1.29, 1.82) is 0 Å². The highest BCUT2D eigenvalue weighted by molar-refractivity contribution is 7.89. The number of hydrogen-bond acceptors (Lipinski definition) is 10. The molecule has 0 saturated heterocycles. The van der Waals surface area contributed by atoms with Crippen LogP contribution in [0.1, 0.15) is 11.1 Å². The summed E-state index contributed by atoms with van der Waals surface area (Å²) in [5.74, 6) is 0. The fourth-order valence-electron chi connectivity index (χ4n) is 2.69. The molecule has 0 saturated carbocycles. The van der Waals surface area contributed by atoms with E-state index in [1.807, 2.05) is 0 Å². The number of nitrogens with two attached hydrogens (primary N) is 2. The highest BCUT2D eigenvalue weighted by Gasteiger charge is 2.31. The molecule has 2 aromatic carbocycles. The zero-order valence-electron chi connectivity index (χ0n) is 15.3. The normalized spacial score (nSPS) is 13.5. The van der Waals surface area contributed by atoms with E-state index in [1.54, 1.807) is 0 Å². The fraction of sp³-hybridized carbons (Fsp3) is 0. The van der Waals surface area contributed by atoms with Crippen molar-refractivity contribution in [2.45, 2.75) is 19.6 Å². The Morgan fingerprint density at radius 1 is 0.500 bits per heavy atom. The number of hydrogen-bond donors (Lipinski definition) is 6. The van der Waals surface area contributed by atoms with Crippen LogP contribution in [0.5, 0.6) is 0 Å². The van der Waals surface area contributed by atoms with Gasteiger partial charge in [0, 0.05) is 0 Å². The van der Waals surface area contributed by atoms with Gasteiger partial charge in [0.2, 0.25) is 0 Å². The quantitative estimate of drug-likeness (QED) is 0.163. The van der Waals surface area contributed by atoms with E-state index in [1.165, 1.54) is 0 Å². The predicted molar refractivity (Wildman–Crippen MR) is 110 cm³/mol. The van der Waals surface area contributed by atoms with Gasteiger partial charge < -0.3 is 11.5 Å². The topological polar surface area (TPSA) is 270 Å². The van der Waals surface area contributed by atoms with Gasteiger partial charge in [-0.05, 0) is 23.3 Å². The maximum atomic E-state index is 11.8. The molecule has 0 spiro atoms. The summed E-state index contributed by atoms with van der Waals surface area (Å²) < 4.78 is 131. The van der Waals surface area contributed by atoms with Crippen molar-refractivity contribution in [2.75, 3.05) is 11.5 Å². The summed E-state index contributed by atoms with van der Waals surface area (Å²) in [6, 6.07) is 3.43. The third-order valence-corrected chi connectivity index (χ3v) is 7.90. The Morgan fingerprint density at radius 2 is 0.750 bits per heavy atom. The van der Waals surface area contributed by atoms with Crippen LogP contribution in [0.4, 0.5) is 11.4 Å². The summed E-state index contributed by atoms with van der Waals surface area (Å²) in [7, 11) is -21.2. The van der Waals surface area contributed by atoms with Crippen LogP contribution in [0.2, 0.25) is 0 Å². The van der Waals surface area contributed by atoms with E-state index < -0.39 is 82.6 Å². The number of nitrogen functional groups attached to an aromatic ring is 2. The molecule has 2 rings (SSSR count). The second kappa shape index (κ2) is 8.08. The monoisotopic (exact) mass is 530 g/mol. The predicted octanol–water partition coefficient (Wildman–Crippen LogP) is 0.00820. The van der Waals surface area contributed by atoms with Gasteiger partial charge in [-0.15, -0.1) is 0 Å². The number of benzene rings is 2. The summed E-state index contributed by atoms with van der Waals surface area (Å²) >= 11 is 0. The molecule has 0 fully saturated rings. The summed E-state index contributed by atoms with van der Waals surface area (Å²) in [6.45, 7) is 0. The van der Waals surface area contributed by atoms with E-state index in [0.29, 0.717) is 12.2 Å². The van der Waals surface area contributed by atoms with Gasteiger partial charge in [0.25, 0.3) is 40.5 Å². The summed E-state index contributed by atoms with van der Waals surface area (Å²) in [6.07, 6.45) is 1.40. The van der Waals surface area contributed by atoms with Crippen molar-refractivity contribution in [1.82, 2.24) is 0 Å². The van der Waals surface area contributed by atoms with Gasteiger partial charge in [-0.3, -0.25) is 18.2 Å². The first-order chi connectivity index (χ1) is 14.3. The molecule has 176 valence electrons. The largest absolute Gasteiger partial charge is 0.398 e. The average molecular weight is 531 g/mol. The Morgan fingerprint density at radius 3 is 0.969 bits per heavy atom. The lowest BCUT2D eigenvalue weighted by Crippen LogP contribution is -2.13. The first-order valence-electron chi connectivity index (χ1n) is 7.69. The molecule has 0 amide bonds. The maximum absolute atomic E-state index is 11.8. The van der Waals surface area contributed by atoms with Crippen LogP contribution >= 0.6 is 0 Å². The lowest BCUT2D eigenvalue weighted by molar-refractivity contribution is 0.466. The van der Waals surface area contributed by atoms with Gasteiger partial charge in [-0.25, -0.2) is 0 Å². The molecule has 0 heterocycles. The first kappa shape index (κ1) is 25.7. The minimum atomic E-state index is -5.34. The fourth-order valence-corrected chi connectivity index (χ4v) is 6.96. The van der Waals surface area contributed by atoms with E-state index in [-0.39, 0.29) is 0 Å². The molecule has 0 aliphatic rings. The third kappa shape index (κ3) is 5.24. The SMILES string of the molecule is Nc1ccc(/C=C/c2ccc(N)c(S(=O)(=O)O)c2S(=O)(=O)O)c(S(=O)(=O)O)c1S(=O)(=O)O. The van der Waals surface area contributed by atoms with E-state index in [4.69, 9.17) is 11.5 Å². The second-order valence-electron chi connectivity index (χ2n) is 6.04. The van der Waals surface area contributed by atoms with Crippen molar-refractivity contribution in [3.8, 4) is 0 Å². The van der Waals surface area contributed by atoms with Crippen molar-refractivity contribution in [3.63, 3.8) is 0 Å². The molecule has 8 N–H and O–H groups in total. The van der Waals surface area contributed by atoms with E-state index in [2.05, 4.69) is 0 Å². The second-order valence-corrected chi connectivity index (χ2v) is 11.5. The van der Waals surface area contributed by atoms with Crippen molar-refractivity contribution in [2.24, 2.45) is 0 Å². The molecule has 0 atom stereocenters. The maximum Gasteiger partial charge on any atom is 0.298 e. The van der Waals surface area contributed by atoms with Crippen LogP contribution in [0.25, 0.3) is 12.2 Å². The molecular weight excluding hydrogens is 516 g/mol. The molecule has 32 heavy (non-hydrogen) atoms. The molecule has 0 aliphatic heterocycles. The minimum Gasteiger partial charge on any atom is -0.398 e. The van der Waals surface area contributed by atoms with Gasteiger partial charge >= 0.3 is 0 Å². The van der Waals surface area contributed by atoms with Crippen LogP contribution in [0.15, 0.2) is 43.8 Å². The van der Waals surface area contributed by atoms with Crippen molar-refractivity contribution in [3.05, 3.63) is 35.4 Å². The molecule has 0 radical (unpaired) electrons. The van der Waals surface area contributed by atoms with Crippen LogP contribution in [0, 0.1) is 0 Å². The van der Waals surface area contributed by atoms with E-state index in [0.717, 1.165) is 24.3 Å². The molecule has 2 aromatic rings. The summed E-state index contributed by atoms with van der Waals surface area (Å²) in [4.78, 5) is -5.47. The molecule has 0 bridgehead atoms. The third-order valence-electron chi connectivity index (χ3n) is 3.82. The molecule has 14 nitrogen and oxygen atoms in total. The average Bonchev–Trinajstić information content (AvgIpc) is 2.57. The zero-order valence-corrected chi connectivity index (χ0v) is 18.6. The summed E-state index contributed by atoms with van der Waals surface area (Å²) in [5, 5.41) is 0. The minimum absolute atomic E-state index is 0.638. The Labute approximate surface area is 182 Å². The van der Waals surface area contributed by atoms with Gasteiger partial charge in [0.05, 0.1) is 11.4 Å². The van der Waals surface area contributed by atoms with Gasteiger partial charge in [-0.2, -0.15) is 33.7 Å². The molecule has 0 aliphatic carbocycles. The Kier molecular flexibility index (Phi) is 6.49. The van der Waals surface area contributed by atoms with E-state index >= 15 is 0 Å². The van der Waals surface area contributed by atoms with Gasteiger partial charge in [0.1, 0.15) is 19.6 Å². The Hall–Kier alpha value is -2.58. The Balaban J connectivity index is 2.96. The standard InChI is InChI=1S/C14H14N2O12S4/c15-9-5-3-7(11(29(17,18)19)13(9)31(23,24)25)1-2-8-4-6-10(16)14(32(26,27)28)12(8)30(20,21)22/h1-6H,15-16H2,(H,17,18,19)(H,20,21,22)(H,23,24,25)(H,26,27,28)/b2-1+. The first-order valence-corrected chi connectivity index (χ1v) is 13.4. The van der Waals surface area contributed by atoms with Crippen molar-refractivity contribution < 1.29 is 51.9 Å². The highest BCUT2D eigenvalue weighted by atomic mass is 32.2.